The van der Waals surface area contributed by atoms with Gasteiger partial charge in [0.25, 0.3) is 0 Å². The fourth-order valence-electron chi connectivity index (χ4n) is 3.12. The van der Waals surface area contributed by atoms with E-state index in [-0.39, 0.29) is 17.5 Å². The highest BCUT2D eigenvalue weighted by Crippen LogP contribution is 2.16. The molecular weight excluding hydrogens is 320 g/mol. The topological polar surface area (TPSA) is 86.1 Å². The van der Waals surface area contributed by atoms with Crippen molar-refractivity contribution in [1.82, 2.24) is 0 Å². The van der Waals surface area contributed by atoms with Crippen molar-refractivity contribution in [2.75, 3.05) is 43.1 Å². The molecule has 1 amide bonds. The minimum absolute atomic E-state index is 0.0611. The molecule has 7 nitrogen and oxygen atoms in total. The quantitative estimate of drug-likeness (QED) is 0.761. The summed E-state index contributed by atoms with van der Waals surface area (Å²) in [5.74, 6) is -0.0458. The van der Waals surface area contributed by atoms with Crippen molar-refractivity contribution in [2.45, 2.75) is 12.1 Å². The zero-order chi connectivity index (χ0) is 16.3. The Morgan fingerprint density at radius 2 is 1.87 bits per heavy atom. The lowest BCUT2D eigenvalue weighted by atomic mass is 10.1. The molecule has 3 rings (SSSR count). The Morgan fingerprint density at radius 3 is 2.57 bits per heavy atom. The predicted molar refractivity (Wildman–Crippen MR) is 84.3 cm³/mol. The summed E-state index contributed by atoms with van der Waals surface area (Å²) < 4.78 is 34.7. The molecule has 0 aromatic heterocycles. The van der Waals surface area contributed by atoms with Gasteiger partial charge in [0, 0.05) is 5.69 Å². The van der Waals surface area contributed by atoms with Crippen LogP contribution in [0.3, 0.4) is 0 Å². The molecule has 2 heterocycles. The Balaban J connectivity index is 1.65. The third-order valence-electron chi connectivity index (χ3n) is 4.24. The van der Waals surface area contributed by atoms with E-state index in [0.717, 1.165) is 18.0 Å². The highest BCUT2D eigenvalue weighted by Gasteiger charge is 2.46. The van der Waals surface area contributed by atoms with Gasteiger partial charge in [0.2, 0.25) is 0 Å². The highest BCUT2D eigenvalue weighted by atomic mass is 32.2. The van der Waals surface area contributed by atoms with Gasteiger partial charge in [-0.2, -0.15) is 0 Å². The number of sulfone groups is 1. The van der Waals surface area contributed by atoms with Crippen molar-refractivity contribution in [3.63, 3.8) is 0 Å². The van der Waals surface area contributed by atoms with Gasteiger partial charge in [-0.3, -0.25) is 5.32 Å². The van der Waals surface area contributed by atoms with Crippen LogP contribution in [-0.2, 0) is 19.3 Å². The SMILES string of the molecule is O=C(Nc1ccccc1)O[C@H]1CS(=O)(=O)C[C@H]1[NH+]1CCOCC1. The van der Waals surface area contributed by atoms with Gasteiger partial charge < -0.3 is 14.4 Å². The van der Waals surface area contributed by atoms with Crippen LogP contribution in [0.4, 0.5) is 10.5 Å². The monoisotopic (exact) mass is 341 g/mol. The number of para-hydroxylation sites is 1. The molecule has 2 aliphatic heterocycles. The van der Waals surface area contributed by atoms with Gasteiger partial charge in [0.05, 0.1) is 19.0 Å². The molecule has 1 aromatic rings. The Kier molecular flexibility index (Phi) is 4.84. The number of hydrogen-bond donors (Lipinski definition) is 2. The van der Waals surface area contributed by atoms with E-state index in [2.05, 4.69) is 5.32 Å². The van der Waals surface area contributed by atoms with Crippen molar-refractivity contribution in [2.24, 2.45) is 0 Å². The van der Waals surface area contributed by atoms with Gasteiger partial charge in [-0.05, 0) is 12.1 Å². The van der Waals surface area contributed by atoms with Crippen molar-refractivity contribution >= 4 is 21.6 Å². The van der Waals surface area contributed by atoms with Gasteiger partial charge in [-0.25, -0.2) is 13.2 Å². The summed E-state index contributed by atoms with van der Waals surface area (Å²) in [4.78, 5) is 13.2. The summed E-state index contributed by atoms with van der Waals surface area (Å²) >= 11 is 0. The molecule has 2 atom stereocenters. The molecule has 0 unspecified atom stereocenters. The van der Waals surface area contributed by atoms with Gasteiger partial charge in [-0.1, -0.05) is 18.2 Å². The first-order valence-electron chi connectivity index (χ1n) is 7.69. The Labute approximate surface area is 135 Å². The molecule has 2 fully saturated rings. The van der Waals surface area contributed by atoms with Crippen molar-refractivity contribution in [3.05, 3.63) is 30.3 Å². The maximum absolute atomic E-state index is 12.0. The van der Waals surface area contributed by atoms with E-state index in [1.54, 1.807) is 24.3 Å². The van der Waals surface area contributed by atoms with Gasteiger partial charge >= 0.3 is 6.09 Å². The number of carbonyl (C=O) groups is 1. The number of nitrogens with one attached hydrogen (secondary N) is 2. The smallest absolute Gasteiger partial charge is 0.412 e. The van der Waals surface area contributed by atoms with Gasteiger partial charge in [0.15, 0.2) is 15.9 Å². The second kappa shape index (κ2) is 6.86. The normalized spacial score (nSPS) is 27.5. The number of quaternary nitrogens is 1. The molecule has 0 bridgehead atoms. The molecule has 1 aromatic carbocycles. The molecule has 8 heteroatoms. The summed E-state index contributed by atoms with van der Waals surface area (Å²) in [6.45, 7) is 2.68. The van der Waals surface area contributed by atoms with Crippen LogP contribution in [0, 0.1) is 0 Å². The first kappa shape index (κ1) is 16.2. The summed E-state index contributed by atoms with van der Waals surface area (Å²) in [6, 6.07) is 8.73. The van der Waals surface area contributed by atoms with Crippen LogP contribution in [-0.4, -0.2) is 64.5 Å². The molecule has 23 heavy (non-hydrogen) atoms. The van der Waals surface area contributed by atoms with E-state index in [0.29, 0.717) is 18.9 Å². The maximum Gasteiger partial charge on any atom is 0.412 e. The zero-order valence-corrected chi connectivity index (χ0v) is 13.6. The minimum atomic E-state index is -3.18. The summed E-state index contributed by atoms with van der Waals surface area (Å²) in [5.41, 5.74) is 0.619. The molecule has 2 saturated heterocycles. The average Bonchev–Trinajstić information content (AvgIpc) is 2.83. The minimum Gasteiger partial charge on any atom is -0.439 e. The van der Waals surface area contributed by atoms with Crippen molar-refractivity contribution < 1.29 is 27.6 Å². The lowest BCUT2D eigenvalue weighted by molar-refractivity contribution is -0.932. The van der Waals surface area contributed by atoms with E-state index in [1.165, 1.54) is 0 Å². The number of morpholine rings is 1. The second-order valence-electron chi connectivity index (χ2n) is 5.89. The lowest BCUT2D eigenvalue weighted by Crippen LogP contribution is -3.19. The van der Waals surface area contributed by atoms with Crippen molar-refractivity contribution in [3.8, 4) is 0 Å². The zero-order valence-electron chi connectivity index (χ0n) is 12.7. The van der Waals surface area contributed by atoms with E-state index in [9.17, 15) is 13.2 Å². The largest absolute Gasteiger partial charge is 0.439 e. The molecule has 2 aliphatic rings. The summed E-state index contributed by atoms with van der Waals surface area (Å²) in [7, 11) is -3.18. The lowest BCUT2D eigenvalue weighted by Gasteiger charge is -2.31. The number of carbonyl (C=O) groups excluding carboxylic acids is 1. The first-order valence-corrected chi connectivity index (χ1v) is 9.51. The van der Waals surface area contributed by atoms with Crippen LogP contribution >= 0.6 is 0 Å². The Hall–Kier alpha value is -1.64. The molecular formula is C15H21N2O5S+. The fourth-order valence-corrected chi connectivity index (χ4v) is 5.06. The first-order chi connectivity index (χ1) is 11.0. The Bertz CT molecular complexity index is 643. The third kappa shape index (κ3) is 4.21. The van der Waals surface area contributed by atoms with E-state index >= 15 is 0 Å². The highest BCUT2D eigenvalue weighted by molar-refractivity contribution is 7.91. The van der Waals surface area contributed by atoms with E-state index in [4.69, 9.17) is 9.47 Å². The maximum atomic E-state index is 12.0. The molecule has 0 radical (unpaired) electrons. The van der Waals surface area contributed by atoms with Crippen LogP contribution in [0.25, 0.3) is 0 Å². The molecule has 0 aliphatic carbocycles. The van der Waals surface area contributed by atoms with Crippen LogP contribution in [0.2, 0.25) is 0 Å². The second-order valence-corrected chi connectivity index (χ2v) is 8.04. The van der Waals surface area contributed by atoms with Crippen LogP contribution in [0.5, 0.6) is 0 Å². The molecule has 0 saturated carbocycles. The number of benzene rings is 1. The standard InChI is InChI=1S/C15H20N2O5S/c18-15(16-12-4-2-1-3-5-12)22-14-11-23(19,20)10-13(14)17-6-8-21-9-7-17/h1-5,13-14H,6-11H2,(H,16,18)/p+1/t13-,14+/m1/s1. The van der Waals surface area contributed by atoms with Crippen LogP contribution < -0.4 is 10.2 Å². The average molecular weight is 341 g/mol. The number of hydrogen-bond acceptors (Lipinski definition) is 5. The molecule has 0 spiro atoms. The van der Waals surface area contributed by atoms with Gasteiger partial charge in [0.1, 0.15) is 24.9 Å². The molecule has 126 valence electrons. The number of anilines is 1. The fraction of sp³-hybridized carbons (Fsp3) is 0.533. The number of ether oxygens (including phenoxy) is 2. The van der Waals surface area contributed by atoms with Gasteiger partial charge in [-0.15, -0.1) is 0 Å². The molecule has 2 N–H and O–H groups in total. The van der Waals surface area contributed by atoms with E-state index < -0.39 is 22.0 Å². The summed E-state index contributed by atoms with van der Waals surface area (Å²) in [5, 5.41) is 2.63. The number of amides is 1. The van der Waals surface area contributed by atoms with Crippen LogP contribution in [0.1, 0.15) is 0 Å². The van der Waals surface area contributed by atoms with Crippen molar-refractivity contribution in [1.29, 1.82) is 0 Å². The Morgan fingerprint density at radius 1 is 1.17 bits per heavy atom. The summed E-state index contributed by atoms with van der Waals surface area (Å²) in [6.07, 6.45) is -1.23. The number of rotatable bonds is 3. The third-order valence-corrected chi connectivity index (χ3v) is 5.94. The predicted octanol–water partition coefficient (Wildman–Crippen LogP) is -0.684. The van der Waals surface area contributed by atoms with Crippen LogP contribution in [0.15, 0.2) is 30.3 Å². The van der Waals surface area contributed by atoms with E-state index in [1.807, 2.05) is 6.07 Å².